The molecular formula is C25H42O6. The predicted molar refractivity (Wildman–Crippen MR) is 122 cm³/mol. The summed E-state index contributed by atoms with van der Waals surface area (Å²) in [6, 6.07) is 6.16. The Kier molecular flexibility index (Phi) is 9.19. The Morgan fingerprint density at radius 2 is 1.77 bits per heavy atom. The van der Waals surface area contributed by atoms with Crippen molar-refractivity contribution in [2.24, 2.45) is 5.41 Å². The number of ether oxygens (including phenoxy) is 4. The van der Waals surface area contributed by atoms with Crippen LogP contribution < -0.4 is 9.47 Å². The van der Waals surface area contributed by atoms with Crippen LogP contribution in [0.2, 0.25) is 0 Å². The van der Waals surface area contributed by atoms with Crippen molar-refractivity contribution < 1.29 is 29.2 Å². The Hall–Kier alpha value is -1.34. The van der Waals surface area contributed by atoms with Crippen LogP contribution >= 0.6 is 0 Å². The third kappa shape index (κ3) is 8.26. The van der Waals surface area contributed by atoms with E-state index in [1.54, 1.807) is 0 Å². The molecule has 0 amide bonds. The van der Waals surface area contributed by atoms with Crippen LogP contribution in [0.15, 0.2) is 18.2 Å². The molecule has 2 N–H and O–H groups in total. The number of hydrogen-bond acceptors (Lipinski definition) is 6. The monoisotopic (exact) mass is 438 g/mol. The van der Waals surface area contributed by atoms with E-state index in [1.807, 2.05) is 13.0 Å². The molecule has 1 saturated heterocycles. The summed E-state index contributed by atoms with van der Waals surface area (Å²) in [5.41, 5.74) is 0.960. The molecule has 2 rings (SSSR count). The fourth-order valence-electron chi connectivity index (χ4n) is 4.42. The molecule has 0 radical (unpaired) electrons. The SMILES string of the molecule is CC(C)(C)CC(C)(C)c1ccc(OCCOCCO)c(OCC2(C)CCC(CO)O2)c1. The Balaban J connectivity index is 2.16. The number of benzene rings is 1. The lowest BCUT2D eigenvalue weighted by molar-refractivity contribution is -0.0697. The molecule has 0 aromatic heterocycles. The predicted octanol–water partition coefficient (Wildman–Crippen LogP) is 4.10. The van der Waals surface area contributed by atoms with Gasteiger partial charge in [0.05, 0.1) is 38.1 Å². The van der Waals surface area contributed by atoms with Crippen molar-refractivity contribution >= 4 is 0 Å². The zero-order valence-corrected chi connectivity index (χ0v) is 20.2. The van der Waals surface area contributed by atoms with Crippen LogP contribution in [0, 0.1) is 5.41 Å². The molecule has 1 aliphatic heterocycles. The van der Waals surface area contributed by atoms with Crippen LogP contribution in [0.25, 0.3) is 0 Å². The van der Waals surface area contributed by atoms with Gasteiger partial charge in [0, 0.05) is 0 Å². The molecule has 1 aromatic rings. The molecule has 0 aliphatic carbocycles. The molecule has 2 unspecified atom stereocenters. The van der Waals surface area contributed by atoms with Crippen LogP contribution in [0.5, 0.6) is 11.5 Å². The first-order chi connectivity index (χ1) is 14.5. The lowest BCUT2D eigenvalue weighted by Crippen LogP contribution is -2.33. The molecule has 1 aromatic carbocycles. The maximum atomic E-state index is 9.39. The van der Waals surface area contributed by atoms with E-state index in [2.05, 4.69) is 46.8 Å². The minimum Gasteiger partial charge on any atom is -0.487 e. The fourth-order valence-corrected chi connectivity index (χ4v) is 4.42. The molecule has 6 nitrogen and oxygen atoms in total. The van der Waals surface area contributed by atoms with Gasteiger partial charge in [0.15, 0.2) is 11.5 Å². The summed E-state index contributed by atoms with van der Waals surface area (Å²) in [7, 11) is 0. The summed E-state index contributed by atoms with van der Waals surface area (Å²) >= 11 is 0. The van der Waals surface area contributed by atoms with E-state index in [0.29, 0.717) is 37.9 Å². The first-order valence-corrected chi connectivity index (χ1v) is 11.4. The van der Waals surface area contributed by atoms with E-state index >= 15 is 0 Å². The highest BCUT2D eigenvalue weighted by molar-refractivity contribution is 5.45. The average molecular weight is 439 g/mol. The van der Waals surface area contributed by atoms with Gasteiger partial charge in [-0.15, -0.1) is 0 Å². The second kappa shape index (κ2) is 11.0. The van der Waals surface area contributed by atoms with Gasteiger partial charge in [-0.05, 0) is 54.7 Å². The maximum Gasteiger partial charge on any atom is 0.161 e. The minimum absolute atomic E-state index is 0.000660. The summed E-state index contributed by atoms with van der Waals surface area (Å²) in [4.78, 5) is 0. The van der Waals surface area contributed by atoms with E-state index in [0.717, 1.165) is 19.3 Å². The molecule has 31 heavy (non-hydrogen) atoms. The van der Waals surface area contributed by atoms with Crippen molar-refractivity contribution in [2.75, 3.05) is 39.6 Å². The first kappa shape index (κ1) is 25.9. The van der Waals surface area contributed by atoms with Gasteiger partial charge in [-0.2, -0.15) is 0 Å². The minimum atomic E-state index is -0.425. The van der Waals surface area contributed by atoms with Crippen LogP contribution in [0.4, 0.5) is 0 Å². The van der Waals surface area contributed by atoms with Gasteiger partial charge in [-0.25, -0.2) is 0 Å². The molecule has 2 atom stereocenters. The number of aliphatic hydroxyl groups is 2. The molecule has 0 saturated carbocycles. The Morgan fingerprint density at radius 3 is 2.39 bits per heavy atom. The molecule has 6 heteroatoms. The Morgan fingerprint density at radius 1 is 1.03 bits per heavy atom. The normalized spacial score (nSPS) is 22.0. The van der Waals surface area contributed by atoms with Gasteiger partial charge in [-0.1, -0.05) is 40.7 Å². The smallest absolute Gasteiger partial charge is 0.161 e. The van der Waals surface area contributed by atoms with Gasteiger partial charge in [-0.3, -0.25) is 0 Å². The maximum absolute atomic E-state index is 9.39. The molecule has 1 fully saturated rings. The Bertz CT molecular complexity index is 681. The van der Waals surface area contributed by atoms with Gasteiger partial charge in [0.2, 0.25) is 0 Å². The van der Waals surface area contributed by atoms with Crippen molar-refractivity contribution in [3.05, 3.63) is 23.8 Å². The van der Waals surface area contributed by atoms with E-state index in [4.69, 9.17) is 24.1 Å². The zero-order chi connectivity index (χ0) is 23.1. The van der Waals surface area contributed by atoms with E-state index < -0.39 is 5.60 Å². The van der Waals surface area contributed by atoms with Gasteiger partial charge >= 0.3 is 0 Å². The van der Waals surface area contributed by atoms with E-state index in [1.165, 1.54) is 5.56 Å². The molecule has 1 heterocycles. The first-order valence-electron chi connectivity index (χ1n) is 11.4. The quantitative estimate of drug-likeness (QED) is 0.479. The second-order valence-corrected chi connectivity index (χ2v) is 10.7. The summed E-state index contributed by atoms with van der Waals surface area (Å²) < 4.78 is 23.5. The van der Waals surface area contributed by atoms with Crippen LogP contribution in [0.1, 0.15) is 66.4 Å². The lowest BCUT2D eigenvalue weighted by Gasteiger charge is -2.33. The van der Waals surface area contributed by atoms with Crippen molar-refractivity contribution in [2.45, 2.75) is 77.9 Å². The number of rotatable bonds is 12. The second-order valence-electron chi connectivity index (χ2n) is 10.7. The van der Waals surface area contributed by atoms with Crippen molar-refractivity contribution in [3.63, 3.8) is 0 Å². The Labute approximate surface area is 187 Å². The van der Waals surface area contributed by atoms with Gasteiger partial charge in [0.25, 0.3) is 0 Å². The highest BCUT2D eigenvalue weighted by atomic mass is 16.6. The number of aliphatic hydroxyl groups excluding tert-OH is 2. The van der Waals surface area contributed by atoms with Crippen LogP contribution in [-0.2, 0) is 14.9 Å². The summed E-state index contributed by atoms with van der Waals surface area (Å²) in [6.07, 6.45) is 2.59. The van der Waals surface area contributed by atoms with Crippen LogP contribution in [-0.4, -0.2) is 61.6 Å². The molecule has 0 spiro atoms. The zero-order valence-electron chi connectivity index (χ0n) is 20.2. The third-order valence-corrected chi connectivity index (χ3v) is 5.60. The summed E-state index contributed by atoms with van der Waals surface area (Å²) in [5.74, 6) is 1.36. The lowest BCUT2D eigenvalue weighted by atomic mass is 9.72. The molecule has 1 aliphatic rings. The van der Waals surface area contributed by atoms with Gasteiger partial charge in [0.1, 0.15) is 13.2 Å². The molecular weight excluding hydrogens is 396 g/mol. The van der Waals surface area contributed by atoms with Crippen molar-refractivity contribution in [3.8, 4) is 11.5 Å². The van der Waals surface area contributed by atoms with E-state index in [9.17, 15) is 5.11 Å². The molecule has 178 valence electrons. The van der Waals surface area contributed by atoms with Gasteiger partial charge < -0.3 is 29.2 Å². The van der Waals surface area contributed by atoms with Crippen LogP contribution in [0.3, 0.4) is 0 Å². The average Bonchev–Trinajstić information content (AvgIpc) is 3.06. The summed E-state index contributed by atoms with van der Waals surface area (Å²) in [6.45, 7) is 14.8. The van der Waals surface area contributed by atoms with E-state index in [-0.39, 0.29) is 30.1 Å². The largest absolute Gasteiger partial charge is 0.487 e. The molecule has 0 bridgehead atoms. The number of hydrogen-bond donors (Lipinski definition) is 2. The highest BCUT2D eigenvalue weighted by Crippen LogP contribution is 2.40. The van der Waals surface area contributed by atoms with Crippen molar-refractivity contribution in [1.29, 1.82) is 0 Å². The fraction of sp³-hybridized carbons (Fsp3) is 0.760. The topological polar surface area (TPSA) is 77.4 Å². The highest BCUT2D eigenvalue weighted by Gasteiger charge is 2.37. The standard InChI is InChI=1S/C25H42O6/c1-23(2,3)17-24(4,5)19-7-8-21(29-14-13-28-12-11-26)22(15-19)30-18-25(6)10-9-20(16-27)31-25/h7-8,15,20,26-27H,9-14,16-18H2,1-6H3. The van der Waals surface area contributed by atoms with Crippen molar-refractivity contribution in [1.82, 2.24) is 0 Å². The summed E-state index contributed by atoms with van der Waals surface area (Å²) in [5, 5.41) is 18.2. The third-order valence-electron chi connectivity index (χ3n) is 5.60.